The van der Waals surface area contributed by atoms with E-state index in [1.54, 1.807) is 6.08 Å². The Labute approximate surface area is 157 Å². The van der Waals surface area contributed by atoms with Crippen LogP contribution in [0.1, 0.15) is 65.7 Å². The van der Waals surface area contributed by atoms with Crippen LogP contribution in [0.3, 0.4) is 0 Å². The number of hydrogen-bond acceptors (Lipinski definition) is 4. The van der Waals surface area contributed by atoms with Gasteiger partial charge in [0, 0.05) is 6.61 Å². The van der Waals surface area contributed by atoms with Gasteiger partial charge in [-0.3, -0.25) is 4.79 Å². The average Bonchev–Trinajstić information content (AvgIpc) is 2.88. The summed E-state index contributed by atoms with van der Waals surface area (Å²) in [4.78, 5) is 12.8. The third-order valence-electron chi connectivity index (χ3n) is 8.64. The fourth-order valence-electron chi connectivity index (χ4n) is 7.01. The Morgan fingerprint density at radius 1 is 1.15 bits per heavy atom. The van der Waals surface area contributed by atoms with Crippen molar-refractivity contribution in [2.75, 3.05) is 13.4 Å². The van der Waals surface area contributed by atoms with E-state index in [9.17, 15) is 9.90 Å². The molecule has 4 heteroatoms. The minimum absolute atomic E-state index is 0.130. The van der Waals surface area contributed by atoms with Crippen LogP contribution < -0.4 is 0 Å². The fraction of sp³-hybridized carbons (Fsp3) is 0.864. The van der Waals surface area contributed by atoms with Crippen LogP contribution in [0.5, 0.6) is 0 Å². The SMILES string of the molecule is CCOCO[C@]12C=CC(=O)[C@@]1(C)CC[C@H]1[C@H]2CC[C@@H]2C[C@@H](O)CC[C@@]21C. The van der Waals surface area contributed by atoms with E-state index in [0.717, 1.165) is 44.9 Å². The number of hydrogen-bond donors (Lipinski definition) is 1. The molecule has 4 aliphatic carbocycles. The van der Waals surface area contributed by atoms with Crippen LogP contribution >= 0.6 is 0 Å². The van der Waals surface area contributed by atoms with Gasteiger partial charge in [0.05, 0.1) is 11.5 Å². The summed E-state index contributed by atoms with van der Waals surface area (Å²) in [5.41, 5.74) is -0.722. The number of ether oxygens (including phenoxy) is 2. The van der Waals surface area contributed by atoms with Crippen molar-refractivity contribution in [3.63, 3.8) is 0 Å². The maximum absolute atomic E-state index is 12.8. The Hall–Kier alpha value is -0.710. The van der Waals surface area contributed by atoms with Crippen LogP contribution in [0.25, 0.3) is 0 Å². The highest BCUT2D eigenvalue weighted by atomic mass is 16.7. The second-order valence-electron chi connectivity index (χ2n) is 9.54. The van der Waals surface area contributed by atoms with Crippen molar-refractivity contribution in [1.82, 2.24) is 0 Å². The first kappa shape index (κ1) is 18.6. The lowest BCUT2D eigenvalue weighted by Gasteiger charge is -2.63. The van der Waals surface area contributed by atoms with E-state index < -0.39 is 11.0 Å². The summed E-state index contributed by atoms with van der Waals surface area (Å²) >= 11 is 0. The summed E-state index contributed by atoms with van der Waals surface area (Å²) in [5, 5.41) is 10.2. The van der Waals surface area contributed by atoms with Gasteiger partial charge >= 0.3 is 0 Å². The Morgan fingerprint density at radius 2 is 1.96 bits per heavy atom. The lowest BCUT2D eigenvalue weighted by molar-refractivity contribution is -0.235. The van der Waals surface area contributed by atoms with Crippen LogP contribution in [-0.4, -0.2) is 36.0 Å². The molecule has 0 heterocycles. The monoisotopic (exact) mass is 362 g/mol. The smallest absolute Gasteiger partial charge is 0.164 e. The Balaban J connectivity index is 1.69. The molecule has 0 aliphatic heterocycles. The van der Waals surface area contributed by atoms with Gasteiger partial charge in [-0.1, -0.05) is 6.92 Å². The van der Waals surface area contributed by atoms with Crippen LogP contribution in [0.15, 0.2) is 12.2 Å². The zero-order valence-electron chi connectivity index (χ0n) is 16.5. The van der Waals surface area contributed by atoms with Crippen LogP contribution in [0, 0.1) is 28.6 Å². The van der Waals surface area contributed by atoms with Crippen molar-refractivity contribution in [3.8, 4) is 0 Å². The van der Waals surface area contributed by atoms with Crippen LogP contribution in [0.4, 0.5) is 0 Å². The molecule has 0 aromatic rings. The van der Waals surface area contributed by atoms with Gasteiger partial charge in [0.25, 0.3) is 0 Å². The highest BCUT2D eigenvalue weighted by molar-refractivity contribution is 5.99. The molecule has 0 unspecified atom stereocenters. The minimum atomic E-state index is -0.522. The Kier molecular flexibility index (Phi) is 4.61. The maximum atomic E-state index is 12.8. The molecule has 0 bridgehead atoms. The van der Waals surface area contributed by atoms with E-state index in [2.05, 4.69) is 19.9 Å². The number of carbonyl (C=O) groups is 1. The number of allylic oxidation sites excluding steroid dienone is 1. The van der Waals surface area contributed by atoms with Crippen molar-refractivity contribution in [3.05, 3.63) is 12.2 Å². The topological polar surface area (TPSA) is 55.8 Å². The van der Waals surface area contributed by atoms with Gasteiger partial charge in [-0.05, 0) is 94.1 Å². The van der Waals surface area contributed by atoms with Gasteiger partial charge in [-0.15, -0.1) is 0 Å². The van der Waals surface area contributed by atoms with E-state index in [4.69, 9.17) is 9.47 Å². The molecule has 0 saturated heterocycles. The van der Waals surface area contributed by atoms with Gasteiger partial charge in [-0.2, -0.15) is 0 Å². The minimum Gasteiger partial charge on any atom is -0.393 e. The lowest BCUT2D eigenvalue weighted by Crippen LogP contribution is -2.63. The predicted molar refractivity (Wildman–Crippen MR) is 99.5 cm³/mol. The summed E-state index contributed by atoms with van der Waals surface area (Å²) in [5.74, 6) is 1.74. The molecule has 0 aromatic heterocycles. The third kappa shape index (κ3) is 2.41. The second kappa shape index (κ2) is 6.42. The van der Waals surface area contributed by atoms with Gasteiger partial charge in [0.1, 0.15) is 12.4 Å². The van der Waals surface area contributed by atoms with Gasteiger partial charge in [0.2, 0.25) is 0 Å². The molecule has 3 fully saturated rings. The molecule has 4 nitrogen and oxygen atoms in total. The first-order valence-corrected chi connectivity index (χ1v) is 10.5. The Bertz CT molecular complexity index is 601. The molecule has 1 N–H and O–H groups in total. The molecule has 26 heavy (non-hydrogen) atoms. The zero-order chi connectivity index (χ0) is 18.6. The largest absolute Gasteiger partial charge is 0.393 e. The fourth-order valence-corrected chi connectivity index (χ4v) is 7.01. The number of aliphatic hydroxyl groups is 1. The highest BCUT2D eigenvalue weighted by Crippen LogP contribution is 2.66. The summed E-state index contributed by atoms with van der Waals surface area (Å²) in [7, 11) is 0. The standard InChI is InChI=1S/C22H34O4/c1-4-25-14-26-22-12-9-19(24)21(22,3)11-8-17-18(22)6-5-15-13-16(23)7-10-20(15,17)2/h9,12,15-18,23H,4-8,10-11,13-14H2,1-3H3/t15-,16+,17+,18-,20+,21-,22+/m1/s1. The molecule has 0 spiro atoms. The van der Waals surface area contributed by atoms with Gasteiger partial charge in [-0.25, -0.2) is 0 Å². The summed E-state index contributed by atoms with van der Waals surface area (Å²) < 4.78 is 12.0. The molecule has 0 radical (unpaired) electrons. The van der Waals surface area contributed by atoms with Gasteiger partial charge < -0.3 is 14.6 Å². The number of ketones is 1. The first-order chi connectivity index (χ1) is 12.4. The van der Waals surface area contributed by atoms with E-state index in [1.807, 2.05) is 6.92 Å². The van der Waals surface area contributed by atoms with E-state index >= 15 is 0 Å². The van der Waals surface area contributed by atoms with Crippen molar-refractivity contribution >= 4 is 5.78 Å². The lowest BCUT2D eigenvalue weighted by atomic mass is 9.44. The van der Waals surface area contributed by atoms with Crippen molar-refractivity contribution in [1.29, 1.82) is 0 Å². The van der Waals surface area contributed by atoms with Gasteiger partial charge in [0.15, 0.2) is 5.78 Å². The Morgan fingerprint density at radius 3 is 2.73 bits per heavy atom. The zero-order valence-corrected chi connectivity index (χ0v) is 16.5. The number of rotatable bonds is 4. The molecule has 0 aromatic carbocycles. The molecule has 7 atom stereocenters. The van der Waals surface area contributed by atoms with Crippen LogP contribution in [-0.2, 0) is 14.3 Å². The number of carbonyl (C=O) groups excluding carboxylic acids is 1. The summed E-state index contributed by atoms with van der Waals surface area (Å²) in [6.07, 6.45) is 10.9. The molecular formula is C22H34O4. The molecule has 0 amide bonds. The number of fused-ring (bicyclic) bond motifs is 5. The molecule has 146 valence electrons. The maximum Gasteiger partial charge on any atom is 0.164 e. The molecule has 4 aliphatic rings. The first-order valence-electron chi connectivity index (χ1n) is 10.5. The van der Waals surface area contributed by atoms with E-state index in [0.29, 0.717) is 24.4 Å². The van der Waals surface area contributed by atoms with E-state index in [-0.39, 0.29) is 24.1 Å². The van der Waals surface area contributed by atoms with Crippen molar-refractivity contribution in [2.45, 2.75) is 77.4 Å². The summed E-state index contributed by atoms with van der Waals surface area (Å²) in [6.45, 7) is 7.40. The van der Waals surface area contributed by atoms with E-state index in [1.165, 1.54) is 0 Å². The third-order valence-corrected chi connectivity index (χ3v) is 8.64. The second-order valence-corrected chi connectivity index (χ2v) is 9.54. The normalized spacial score (nSPS) is 50.2. The molecule has 3 saturated carbocycles. The summed E-state index contributed by atoms with van der Waals surface area (Å²) in [6, 6.07) is 0. The van der Waals surface area contributed by atoms with Crippen molar-refractivity contribution in [2.24, 2.45) is 28.6 Å². The molecular weight excluding hydrogens is 328 g/mol. The molecule has 4 rings (SSSR count). The number of aliphatic hydroxyl groups excluding tert-OH is 1. The van der Waals surface area contributed by atoms with Crippen LogP contribution in [0.2, 0.25) is 0 Å². The predicted octanol–water partition coefficient (Wildman–Crippen LogP) is 3.87. The highest BCUT2D eigenvalue weighted by Gasteiger charge is 2.67. The van der Waals surface area contributed by atoms with Crippen molar-refractivity contribution < 1.29 is 19.4 Å². The average molecular weight is 363 g/mol. The quantitative estimate of drug-likeness (QED) is 0.609.